The molecule has 4 aromatic carbocycles. The van der Waals surface area contributed by atoms with Crippen LogP contribution in [0, 0.1) is 13.8 Å². The normalized spacial score (nSPS) is 15.8. The summed E-state index contributed by atoms with van der Waals surface area (Å²) in [6, 6.07) is 18.9. The van der Waals surface area contributed by atoms with Gasteiger partial charge in [-0.05, 0) is 120 Å². The predicted octanol–water partition coefficient (Wildman–Crippen LogP) is 8.60. The van der Waals surface area contributed by atoms with Crippen molar-refractivity contribution in [2.24, 2.45) is 0 Å². The Labute approximate surface area is 248 Å². The van der Waals surface area contributed by atoms with Crippen molar-refractivity contribution >= 4 is 11.4 Å². The van der Waals surface area contributed by atoms with Crippen molar-refractivity contribution in [3.63, 3.8) is 0 Å². The lowest BCUT2D eigenvalue weighted by atomic mass is 9.70. The SMILES string of the molecule is Cc1cc2c(cc1Oc1ccc(N)c(O)c1)CCC(C)(C)c1cc(Oc3ccc(N)c(O)c3)c(C)cc1CCC2(C)C. The van der Waals surface area contributed by atoms with Gasteiger partial charge in [0.05, 0.1) is 11.4 Å². The number of aryl methyl sites for hydroxylation is 4. The summed E-state index contributed by atoms with van der Waals surface area (Å²) in [4.78, 5) is 0. The van der Waals surface area contributed by atoms with E-state index in [1.54, 1.807) is 36.4 Å². The summed E-state index contributed by atoms with van der Waals surface area (Å²) >= 11 is 0. The number of phenols is 2. The molecule has 0 saturated heterocycles. The maximum atomic E-state index is 10.1. The molecule has 0 unspecified atom stereocenters. The second-order valence-corrected chi connectivity index (χ2v) is 13.0. The van der Waals surface area contributed by atoms with Crippen LogP contribution in [-0.4, -0.2) is 10.2 Å². The quantitative estimate of drug-likeness (QED) is 0.145. The summed E-state index contributed by atoms with van der Waals surface area (Å²) in [5, 5.41) is 20.2. The van der Waals surface area contributed by atoms with Gasteiger partial charge in [-0.1, -0.05) is 39.8 Å². The zero-order valence-electron chi connectivity index (χ0n) is 25.5. The van der Waals surface area contributed by atoms with E-state index in [4.69, 9.17) is 20.9 Å². The number of benzene rings is 4. The Hall–Kier alpha value is -4.32. The highest BCUT2D eigenvalue weighted by atomic mass is 16.5. The van der Waals surface area contributed by atoms with Crippen LogP contribution in [-0.2, 0) is 23.7 Å². The van der Waals surface area contributed by atoms with Crippen molar-refractivity contribution in [1.29, 1.82) is 0 Å². The smallest absolute Gasteiger partial charge is 0.142 e. The molecule has 0 radical (unpaired) electrons. The van der Waals surface area contributed by atoms with Crippen molar-refractivity contribution < 1.29 is 19.7 Å². The van der Waals surface area contributed by atoms with E-state index in [9.17, 15) is 10.2 Å². The number of aromatic hydroxyl groups is 2. The van der Waals surface area contributed by atoms with Crippen molar-refractivity contribution in [3.8, 4) is 34.5 Å². The molecule has 0 aromatic heterocycles. The molecule has 0 bridgehead atoms. The van der Waals surface area contributed by atoms with E-state index in [-0.39, 0.29) is 22.3 Å². The summed E-state index contributed by atoms with van der Waals surface area (Å²) in [6.45, 7) is 13.4. The molecule has 0 fully saturated rings. The molecule has 42 heavy (non-hydrogen) atoms. The number of nitrogens with two attached hydrogens (primary N) is 2. The lowest BCUT2D eigenvalue weighted by Gasteiger charge is -2.35. The van der Waals surface area contributed by atoms with Crippen molar-refractivity contribution in [1.82, 2.24) is 0 Å². The largest absolute Gasteiger partial charge is 0.506 e. The number of anilines is 2. The second-order valence-electron chi connectivity index (χ2n) is 13.0. The highest BCUT2D eigenvalue weighted by molar-refractivity contribution is 5.57. The third kappa shape index (κ3) is 5.85. The molecule has 0 aliphatic heterocycles. The average Bonchev–Trinajstić information content (AvgIpc) is 2.92. The third-order valence-electron chi connectivity index (χ3n) is 8.76. The van der Waals surface area contributed by atoms with Gasteiger partial charge in [0.1, 0.15) is 34.5 Å². The first-order valence-electron chi connectivity index (χ1n) is 14.5. The van der Waals surface area contributed by atoms with E-state index in [1.165, 1.54) is 22.3 Å². The maximum absolute atomic E-state index is 10.1. The van der Waals surface area contributed by atoms with E-state index in [0.29, 0.717) is 22.9 Å². The standard InChI is InChI=1S/C36H42N2O4/c1-21-15-23-11-13-35(3,4)27-16-22(2)33(41-25-7-9-29(37)31(39)18-25)17-24(27)12-14-36(5,6)28(23)20-34(21)42-26-8-10-30(38)32(40)19-26/h7-10,15-20,39-40H,11-14,37-38H2,1-6H3. The van der Waals surface area contributed by atoms with Crippen LogP contribution in [0.15, 0.2) is 60.7 Å². The molecular formula is C36H42N2O4. The number of hydrogen-bond acceptors (Lipinski definition) is 6. The Kier molecular flexibility index (Phi) is 7.52. The van der Waals surface area contributed by atoms with Gasteiger partial charge in [-0.3, -0.25) is 0 Å². The van der Waals surface area contributed by atoms with Crippen LogP contribution in [0.4, 0.5) is 11.4 Å². The van der Waals surface area contributed by atoms with Gasteiger partial charge < -0.3 is 31.2 Å². The highest BCUT2D eigenvalue weighted by Crippen LogP contribution is 2.43. The Morgan fingerprint density at radius 1 is 0.595 bits per heavy atom. The minimum atomic E-state index is -0.127. The summed E-state index contributed by atoms with van der Waals surface area (Å²) in [5.74, 6) is 2.68. The van der Waals surface area contributed by atoms with Crippen molar-refractivity contribution in [2.45, 2.75) is 78.1 Å². The Bertz CT molecular complexity index is 1660. The summed E-state index contributed by atoms with van der Waals surface area (Å²) in [6.07, 6.45) is 3.74. The molecule has 6 heteroatoms. The number of ether oxygens (including phenoxy) is 2. The molecule has 6 nitrogen and oxygen atoms in total. The van der Waals surface area contributed by atoms with E-state index < -0.39 is 0 Å². The van der Waals surface area contributed by atoms with Gasteiger partial charge in [0.25, 0.3) is 0 Å². The van der Waals surface area contributed by atoms with Gasteiger partial charge in [-0.2, -0.15) is 0 Å². The fourth-order valence-electron chi connectivity index (χ4n) is 5.96. The number of rotatable bonds is 4. The van der Waals surface area contributed by atoms with Crippen LogP contribution < -0.4 is 20.9 Å². The highest BCUT2D eigenvalue weighted by Gasteiger charge is 2.31. The van der Waals surface area contributed by atoms with Gasteiger partial charge in [0.2, 0.25) is 0 Å². The van der Waals surface area contributed by atoms with E-state index >= 15 is 0 Å². The first-order valence-corrected chi connectivity index (χ1v) is 14.5. The number of nitrogen functional groups attached to an aromatic ring is 2. The maximum Gasteiger partial charge on any atom is 0.142 e. The first kappa shape index (κ1) is 29.2. The Morgan fingerprint density at radius 3 is 1.52 bits per heavy atom. The minimum absolute atomic E-state index is 0.0112. The third-order valence-corrected chi connectivity index (χ3v) is 8.76. The van der Waals surface area contributed by atoms with E-state index in [1.807, 2.05) is 0 Å². The first-order chi connectivity index (χ1) is 19.7. The lowest BCUT2D eigenvalue weighted by Crippen LogP contribution is -2.26. The van der Waals surface area contributed by atoms with E-state index in [2.05, 4.69) is 65.8 Å². The Morgan fingerprint density at radius 2 is 1.02 bits per heavy atom. The monoisotopic (exact) mass is 566 g/mol. The topological polar surface area (TPSA) is 111 Å². The lowest BCUT2D eigenvalue weighted by molar-refractivity contribution is 0.427. The number of hydrogen-bond donors (Lipinski definition) is 4. The molecule has 0 heterocycles. The molecule has 1 aliphatic rings. The van der Waals surface area contributed by atoms with Crippen molar-refractivity contribution in [2.75, 3.05) is 11.5 Å². The molecule has 220 valence electrons. The van der Waals surface area contributed by atoms with Gasteiger partial charge in [0.15, 0.2) is 0 Å². The predicted molar refractivity (Wildman–Crippen MR) is 170 cm³/mol. The molecule has 0 atom stereocenters. The summed E-state index contributed by atoms with van der Waals surface area (Å²) < 4.78 is 12.5. The van der Waals surface area contributed by atoms with Gasteiger partial charge >= 0.3 is 0 Å². The van der Waals surface area contributed by atoms with Gasteiger partial charge in [-0.15, -0.1) is 0 Å². The average molecular weight is 567 g/mol. The van der Waals surface area contributed by atoms with Crippen LogP contribution in [0.2, 0.25) is 0 Å². The second kappa shape index (κ2) is 10.8. The molecule has 4 aromatic rings. The molecule has 5 rings (SSSR count). The molecule has 0 saturated carbocycles. The van der Waals surface area contributed by atoms with E-state index in [0.717, 1.165) is 48.3 Å². The minimum Gasteiger partial charge on any atom is -0.506 e. The molecule has 0 amide bonds. The molecular weight excluding hydrogens is 524 g/mol. The van der Waals surface area contributed by atoms with Crippen LogP contribution in [0.25, 0.3) is 0 Å². The van der Waals surface area contributed by atoms with Crippen LogP contribution in [0.3, 0.4) is 0 Å². The number of phenolic OH excluding ortho intramolecular Hbond substituents is 2. The zero-order valence-corrected chi connectivity index (χ0v) is 25.5. The zero-order chi connectivity index (χ0) is 30.4. The van der Waals surface area contributed by atoms with Crippen LogP contribution in [0.1, 0.15) is 73.9 Å². The summed E-state index contributed by atoms with van der Waals surface area (Å²) in [5.41, 5.74) is 19.4. The summed E-state index contributed by atoms with van der Waals surface area (Å²) in [7, 11) is 0. The number of fused-ring (bicyclic) bond motifs is 2. The van der Waals surface area contributed by atoms with Gasteiger partial charge in [0, 0.05) is 12.1 Å². The molecule has 1 aliphatic carbocycles. The fraction of sp³-hybridized carbons (Fsp3) is 0.333. The fourth-order valence-corrected chi connectivity index (χ4v) is 5.96. The molecule has 6 N–H and O–H groups in total. The van der Waals surface area contributed by atoms with Crippen LogP contribution in [0.5, 0.6) is 34.5 Å². The van der Waals surface area contributed by atoms with Crippen molar-refractivity contribution in [3.05, 3.63) is 94.0 Å². The van der Waals surface area contributed by atoms with Crippen LogP contribution >= 0.6 is 0 Å². The Balaban J connectivity index is 1.51. The van der Waals surface area contributed by atoms with Gasteiger partial charge in [-0.25, -0.2) is 0 Å². The molecule has 0 spiro atoms.